The van der Waals surface area contributed by atoms with Crippen LogP contribution in [0.15, 0.2) is 23.1 Å². The highest BCUT2D eigenvalue weighted by Crippen LogP contribution is 2.48. The van der Waals surface area contributed by atoms with Gasteiger partial charge in [-0.25, -0.2) is 0 Å². The number of nitrogens with zero attached hydrogens (tertiary/aromatic N) is 1. The maximum atomic E-state index is 13.4. The van der Waals surface area contributed by atoms with Crippen LogP contribution in [0.3, 0.4) is 0 Å². The summed E-state index contributed by atoms with van der Waals surface area (Å²) < 4.78 is 64.1. The summed E-state index contributed by atoms with van der Waals surface area (Å²) in [6, 6.07) is 3.01. The lowest BCUT2D eigenvalue weighted by Crippen LogP contribution is -2.37. The molecule has 1 heterocycles. The molecule has 0 aromatic heterocycles. The predicted octanol–water partition coefficient (Wildman–Crippen LogP) is 4.25. The van der Waals surface area contributed by atoms with E-state index in [-0.39, 0.29) is 0 Å². The van der Waals surface area contributed by atoms with Crippen LogP contribution in [-0.2, 0) is 5.92 Å². The summed E-state index contributed by atoms with van der Waals surface area (Å²) in [6.45, 7) is 2.64. The summed E-state index contributed by atoms with van der Waals surface area (Å²) in [6.07, 6.45) is -5.61. The van der Waals surface area contributed by atoms with Gasteiger partial charge in [0.15, 0.2) is 0 Å². The van der Waals surface area contributed by atoms with Gasteiger partial charge in [0.2, 0.25) is 0 Å². The summed E-state index contributed by atoms with van der Waals surface area (Å²) in [5.74, 6) is -3.11. The van der Waals surface area contributed by atoms with Crippen molar-refractivity contribution in [3.05, 3.63) is 23.8 Å². The zero-order valence-electron chi connectivity index (χ0n) is 11.7. The van der Waals surface area contributed by atoms with Crippen LogP contribution in [0.1, 0.15) is 12.5 Å². The van der Waals surface area contributed by atoms with Crippen molar-refractivity contribution in [2.45, 2.75) is 29.4 Å². The number of alkyl halides is 5. The second-order valence-electron chi connectivity index (χ2n) is 4.65. The molecule has 1 aliphatic heterocycles. The van der Waals surface area contributed by atoms with Crippen LogP contribution < -0.4 is 10.6 Å². The maximum Gasteiger partial charge on any atom is 0.458 e. The average molecular weight is 358 g/mol. The van der Waals surface area contributed by atoms with Crippen LogP contribution in [0.25, 0.3) is 0 Å². The fraction of sp³-hybridized carbons (Fsp3) is 0.538. The summed E-state index contributed by atoms with van der Waals surface area (Å²) in [5, 5.41) is 0. The smallest absolute Gasteiger partial charge is 0.345 e. The van der Waals surface area contributed by atoms with Crippen molar-refractivity contribution in [1.82, 2.24) is 0 Å². The van der Waals surface area contributed by atoms with Gasteiger partial charge < -0.3 is 10.6 Å². The van der Waals surface area contributed by atoms with Gasteiger partial charge in [-0.1, -0.05) is 24.8 Å². The first-order valence-corrected chi connectivity index (χ1v) is 8.57. The topological polar surface area (TPSA) is 29.3 Å². The molecule has 0 amide bonds. The molecule has 0 bridgehead atoms. The third-order valence-electron chi connectivity index (χ3n) is 3.22. The fourth-order valence-corrected chi connectivity index (χ4v) is 3.81. The van der Waals surface area contributed by atoms with Crippen LogP contribution in [-0.4, -0.2) is 29.7 Å². The largest absolute Gasteiger partial charge is 0.458 e. The van der Waals surface area contributed by atoms with E-state index in [4.69, 9.17) is 5.73 Å². The molecule has 0 radical (unpaired) electrons. The third kappa shape index (κ3) is 3.30. The number of nitrogens with two attached hydrogens (primary N) is 1. The highest BCUT2D eigenvalue weighted by Gasteiger charge is 2.58. The summed E-state index contributed by atoms with van der Waals surface area (Å²) in [5.41, 5.74) is 5.01. The van der Waals surface area contributed by atoms with Crippen LogP contribution in [0.5, 0.6) is 0 Å². The average Bonchev–Trinajstić information content (AvgIpc) is 2.73. The van der Waals surface area contributed by atoms with E-state index in [0.29, 0.717) is 17.1 Å². The molecule has 2 N–H and O–H groups in total. The lowest BCUT2D eigenvalue weighted by atomic mass is 10.1. The van der Waals surface area contributed by atoms with Gasteiger partial charge in [-0.2, -0.15) is 33.7 Å². The van der Waals surface area contributed by atoms with E-state index in [1.807, 2.05) is 11.8 Å². The number of rotatable bonds is 5. The first-order chi connectivity index (χ1) is 10.2. The summed E-state index contributed by atoms with van der Waals surface area (Å²) in [4.78, 5) is 2.17. The SMILES string of the molecule is CCSCCN1c2ccc(C(F)(F)C(F)(F)F)cc2SC1N. The molecule has 1 aliphatic rings. The summed E-state index contributed by atoms with van der Waals surface area (Å²) in [7, 11) is 0. The van der Waals surface area contributed by atoms with Gasteiger partial charge in [-0.05, 0) is 17.9 Å². The number of hydrogen-bond acceptors (Lipinski definition) is 4. The molecule has 2 rings (SSSR count). The standard InChI is InChI=1S/C13H15F5N2S2/c1-2-21-6-5-20-9-4-3-8(7-10(9)22-11(20)19)12(14,15)13(16,17)18/h3-4,7,11H,2,5-6,19H2,1H3. The van der Waals surface area contributed by atoms with Crippen molar-refractivity contribution < 1.29 is 22.0 Å². The van der Waals surface area contributed by atoms with Crippen LogP contribution in [0.4, 0.5) is 27.6 Å². The Morgan fingerprint density at radius 2 is 1.95 bits per heavy atom. The minimum Gasteiger partial charge on any atom is -0.345 e. The number of benzene rings is 1. The van der Waals surface area contributed by atoms with E-state index in [0.717, 1.165) is 35.4 Å². The lowest BCUT2D eigenvalue weighted by molar-refractivity contribution is -0.289. The molecule has 22 heavy (non-hydrogen) atoms. The molecule has 1 unspecified atom stereocenters. The molecule has 1 atom stereocenters. The minimum absolute atomic E-state index is 0.357. The maximum absolute atomic E-state index is 13.4. The molecule has 0 fully saturated rings. The zero-order chi connectivity index (χ0) is 16.5. The van der Waals surface area contributed by atoms with Gasteiger partial charge in [0.05, 0.1) is 5.69 Å². The highest BCUT2D eigenvalue weighted by molar-refractivity contribution is 8.00. The number of hydrogen-bond donors (Lipinski definition) is 1. The minimum atomic E-state index is -5.61. The highest BCUT2D eigenvalue weighted by atomic mass is 32.2. The Morgan fingerprint density at radius 1 is 1.27 bits per heavy atom. The van der Waals surface area contributed by atoms with Gasteiger partial charge in [0.1, 0.15) is 5.50 Å². The van der Waals surface area contributed by atoms with Gasteiger partial charge in [-0.3, -0.25) is 0 Å². The van der Waals surface area contributed by atoms with E-state index in [1.54, 1.807) is 11.8 Å². The Bertz CT molecular complexity index is 536. The van der Waals surface area contributed by atoms with Gasteiger partial charge in [0.25, 0.3) is 0 Å². The van der Waals surface area contributed by atoms with Crippen LogP contribution in [0, 0.1) is 0 Å². The fourth-order valence-electron chi connectivity index (χ4n) is 2.09. The monoisotopic (exact) mass is 358 g/mol. The predicted molar refractivity (Wildman–Crippen MR) is 80.6 cm³/mol. The van der Waals surface area contributed by atoms with E-state index in [1.165, 1.54) is 6.07 Å². The Labute approximate surface area is 133 Å². The number of anilines is 1. The lowest BCUT2D eigenvalue weighted by Gasteiger charge is -2.24. The summed E-state index contributed by atoms with van der Waals surface area (Å²) >= 11 is 2.80. The number of halogens is 5. The van der Waals surface area contributed by atoms with Crippen molar-refractivity contribution in [3.63, 3.8) is 0 Å². The quantitative estimate of drug-likeness (QED) is 0.629. The molecular weight excluding hydrogens is 343 g/mol. The van der Waals surface area contributed by atoms with E-state index in [9.17, 15) is 22.0 Å². The van der Waals surface area contributed by atoms with Crippen molar-refractivity contribution in [1.29, 1.82) is 0 Å². The van der Waals surface area contributed by atoms with Gasteiger partial charge >= 0.3 is 12.1 Å². The second kappa shape index (κ2) is 6.45. The number of thioether (sulfide) groups is 2. The molecule has 124 valence electrons. The normalized spacial score (nSPS) is 18.7. The van der Waals surface area contributed by atoms with Crippen molar-refractivity contribution >= 4 is 29.2 Å². The van der Waals surface area contributed by atoms with Crippen molar-refractivity contribution in [3.8, 4) is 0 Å². The Morgan fingerprint density at radius 3 is 2.55 bits per heavy atom. The Hall–Kier alpha value is -0.670. The van der Waals surface area contributed by atoms with E-state index < -0.39 is 23.2 Å². The molecule has 1 aromatic rings. The molecule has 0 saturated heterocycles. The second-order valence-corrected chi connectivity index (χ2v) is 7.21. The Balaban J connectivity index is 2.25. The Kier molecular flexibility index (Phi) is 5.18. The molecule has 2 nitrogen and oxygen atoms in total. The van der Waals surface area contributed by atoms with E-state index in [2.05, 4.69) is 0 Å². The molecule has 0 aliphatic carbocycles. The third-order valence-corrected chi connectivity index (χ3v) is 5.18. The first kappa shape index (κ1) is 17.7. The molecule has 9 heteroatoms. The van der Waals surface area contributed by atoms with Crippen molar-refractivity contribution in [2.24, 2.45) is 5.73 Å². The zero-order valence-corrected chi connectivity index (χ0v) is 13.3. The molecular formula is C13H15F5N2S2. The molecule has 0 saturated carbocycles. The molecule has 1 aromatic carbocycles. The van der Waals surface area contributed by atoms with Gasteiger partial charge in [-0.15, -0.1) is 0 Å². The number of fused-ring (bicyclic) bond motifs is 1. The molecule has 0 spiro atoms. The van der Waals surface area contributed by atoms with Crippen LogP contribution >= 0.6 is 23.5 Å². The first-order valence-electron chi connectivity index (χ1n) is 6.54. The van der Waals surface area contributed by atoms with Crippen LogP contribution in [0.2, 0.25) is 0 Å². The van der Waals surface area contributed by atoms with Gasteiger partial charge in [0, 0.05) is 22.8 Å². The van der Waals surface area contributed by atoms with E-state index >= 15 is 0 Å². The van der Waals surface area contributed by atoms with Crippen molar-refractivity contribution in [2.75, 3.05) is 23.0 Å².